The third-order valence-corrected chi connectivity index (χ3v) is 7.92. The van der Waals surface area contributed by atoms with Crippen molar-refractivity contribution in [1.29, 1.82) is 0 Å². The van der Waals surface area contributed by atoms with Gasteiger partial charge in [0.2, 0.25) is 5.91 Å². The SMILES string of the molecule is O=C(NCC[NH+]1CCCC1)C1CCN(S(=O)(=O)N2CCCCC2)CC1. The molecule has 0 unspecified atom stereocenters. The molecule has 0 aromatic heterocycles. The molecule has 0 radical (unpaired) electrons. The number of rotatable bonds is 6. The van der Waals surface area contributed by atoms with Crippen LogP contribution in [0.15, 0.2) is 0 Å². The third-order valence-electron chi connectivity index (χ3n) is 5.88. The number of likely N-dealkylation sites (tertiary alicyclic amines) is 1. The average Bonchev–Trinajstić information content (AvgIpc) is 3.16. The summed E-state index contributed by atoms with van der Waals surface area (Å²) in [5, 5.41) is 3.06. The molecule has 3 rings (SSSR count). The normalized spacial score (nSPS) is 25.3. The van der Waals surface area contributed by atoms with E-state index in [1.165, 1.54) is 25.9 Å². The monoisotopic (exact) mass is 373 g/mol. The Kier molecular flexibility index (Phi) is 6.71. The second kappa shape index (κ2) is 8.79. The van der Waals surface area contributed by atoms with Crippen LogP contribution in [-0.2, 0) is 15.0 Å². The van der Waals surface area contributed by atoms with Crippen LogP contribution in [-0.4, -0.2) is 75.3 Å². The van der Waals surface area contributed by atoms with Gasteiger partial charge in [0.15, 0.2) is 0 Å². The number of amides is 1. The maximum atomic E-state index is 12.7. The maximum absolute atomic E-state index is 12.7. The van der Waals surface area contributed by atoms with E-state index in [4.69, 9.17) is 0 Å². The molecule has 7 nitrogen and oxygen atoms in total. The number of carbonyl (C=O) groups is 1. The van der Waals surface area contributed by atoms with Gasteiger partial charge in [0.1, 0.15) is 0 Å². The summed E-state index contributed by atoms with van der Waals surface area (Å²) in [6.07, 6.45) is 6.90. The largest absolute Gasteiger partial charge is 0.350 e. The standard InChI is InChI=1S/C17H32N4O3S/c22-17(18-8-15-19-9-4-5-10-19)16-6-13-21(14-7-16)25(23,24)20-11-2-1-3-12-20/h16H,1-15H2,(H,18,22)/p+1. The van der Waals surface area contributed by atoms with Crippen molar-refractivity contribution in [3.63, 3.8) is 0 Å². The Morgan fingerprint density at radius 2 is 1.52 bits per heavy atom. The summed E-state index contributed by atoms with van der Waals surface area (Å²) in [6.45, 7) is 6.41. The molecular formula is C17H33N4O3S+. The minimum atomic E-state index is -3.33. The molecule has 2 N–H and O–H groups in total. The lowest BCUT2D eigenvalue weighted by atomic mass is 9.97. The van der Waals surface area contributed by atoms with Gasteiger partial charge in [0, 0.05) is 44.9 Å². The molecule has 0 bridgehead atoms. The summed E-state index contributed by atoms with van der Waals surface area (Å²) >= 11 is 0. The zero-order valence-corrected chi connectivity index (χ0v) is 16.0. The lowest BCUT2D eigenvalue weighted by Gasteiger charge is -2.35. The molecule has 0 aliphatic carbocycles. The van der Waals surface area contributed by atoms with Crippen LogP contribution >= 0.6 is 0 Å². The molecule has 144 valence electrons. The Hall–Kier alpha value is -0.700. The van der Waals surface area contributed by atoms with Gasteiger partial charge in [-0.25, -0.2) is 0 Å². The van der Waals surface area contributed by atoms with Crippen molar-refractivity contribution in [2.75, 3.05) is 52.4 Å². The van der Waals surface area contributed by atoms with E-state index in [2.05, 4.69) is 5.32 Å². The molecular weight excluding hydrogens is 340 g/mol. The van der Waals surface area contributed by atoms with Crippen molar-refractivity contribution >= 4 is 16.1 Å². The first-order chi connectivity index (χ1) is 12.1. The van der Waals surface area contributed by atoms with E-state index >= 15 is 0 Å². The molecule has 3 aliphatic rings. The van der Waals surface area contributed by atoms with Crippen molar-refractivity contribution < 1.29 is 18.1 Å². The van der Waals surface area contributed by atoms with Gasteiger partial charge in [-0.3, -0.25) is 4.79 Å². The number of hydrogen-bond acceptors (Lipinski definition) is 3. The van der Waals surface area contributed by atoms with Gasteiger partial charge < -0.3 is 10.2 Å². The zero-order valence-electron chi connectivity index (χ0n) is 15.2. The minimum absolute atomic E-state index is 0.0404. The fourth-order valence-electron chi connectivity index (χ4n) is 4.24. The molecule has 3 aliphatic heterocycles. The Balaban J connectivity index is 1.40. The van der Waals surface area contributed by atoms with Crippen molar-refractivity contribution in [3.8, 4) is 0 Å². The van der Waals surface area contributed by atoms with Gasteiger partial charge in [-0.15, -0.1) is 0 Å². The molecule has 0 saturated carbocycles. The van der Waals surface area contributed by atoms with Crippen LogP contribution in [0.1, 0.15) is 44.9 Å². The highest BCUT2D eigenvalue weighted by molar-refractivity contribution is 7.86. The smallest absolute Gasteiger partial charge is 0.281 e. The van der Waals surface area contributed by atoms with Crippen molar-refractivity contribution in [1.82, 2.24) is 13.9 Å². The second-order valence-electron chi connectivity index (χ2n) is 7.64. The third kappa shape index (κ3) is 4.93. The highest BCUT2D eigenvalue weighted by atomic mass is 32.2. The predicted octanol–water partition coefficient (Wildman–Crippen LogP) is -0.776. The van der Waals surface area contributed by atoms with E-state index in [1.54, 1.807) is 13.5 Å². The van der Waals surface area contributed by atoms with Crippen LogP contribution < -0.4 is 10.2 Å². The summed E-state index contributed by atoms with van der Waals surface area (Å²) in [7, 11) is -3.33. The van der Waals surface area contributed by atoms with Gasteiger partial charge in [-0.2, -0.15) is 17.0 Å². The number of carbonyl (C=O) groups excluding carboxylic acids is 1. The van der Waals surface area contributed by atoms with Crippen LogP contribution in [0.3, 0.4) is 0 Å². The van der Waals surface area contributed by atoms with Crippen LogP contribution in [0.25, 0.3) is 0 Å². The fraction of sp³-hybridized carbons (Fsp3) is 0.941. The fourth-order valence-corrected chi connectivity index (χ4v) is 5.96. The number of piperidine rings is 2. The maximum Gasteiger partial charge on any atom is 0.281 e. The summed E-state index contributed by atoms with van der Waals surface area (Å²) in [6, 6.07) is 0. The molecule has 0 atom stereocenters. The summed E-state index contributed by atoms with van der Waals surface area (Å²) in [4.78, 5) is 13.9. The van der Waals surface area contributed by atoms with Crippen LogP contribution in [0.4, 0.5) is 0 Å². The summed E-state index contributed by atoms with van der Waals surface area (Å²) < 4.78 is 28.6. The van der Waals surface area contributed by atoms with E-state index in [-0.39, 0.29) is 11.8 Å². The Labute approximate surface area is 151 Å². The number of nitrogens with one attached hydrogen (secondary N) is 2. The highest BCUT2D eigenvalue weighted by Gasteiger charge is 2.35. The van der Waals surface area contributed by atoms with Gasteiger partial charge in [-0.05, 0) is 25.7 Å². The minimum Gasteiger partial charge on any atom is -0.350 e. The van der Waals surface area contributed by atoms with E-state index in [0.29, 0.717) is 39.0 Å². The van der Waals surface area contributed by atoms with Gasteiger partial charge in [0.25, 0.3) is 10.2 Å². The van der Waals surface area contributed by atoms with E-state index in [0.717, 1.165) is 32.4 Å². The zero-order chi connectivity index (χ0) is 17.7. The molecule has 3 saturated heterocycles. The number of hydrogen-bond donors (Lipinski definition) is 2. The molecule has 3 fully saturated rings. The molecule has 25 heavy (non-hydrogen) atoms. The molecule has 8 heteroatoms. The summed E-state index contributed by atoms with van der Waals surface area (Å²) in [5.74, 6) is 0.0648. The van der Waals surface area contributed by atoms with E-state index in [9.17, 15) is 13.2 Å². The van der Waals surface area contributed by atoms with Gasteiger partial charge in [-0.1, -0.05) is 6.42 Å². The Morgan fingerprint density at radius 3 is 2.16 bits per heavy atom. The molecule has 0 spiro atoms. The average molecular weight is 374 g/mol. The molecule has 0 aromatic carbocycles. The van der Waals surface area contributed by atoms with Gasteiger partial charge >= 0.3 is 0 Å². The lowest BCUT2D eigenvalue weighted by molar-refractivity contribution is -0.886. The van der Waals surface area contributed by atoms with Crippen molar-refractivity contribution in [2.24, 2.45) is 5.92 Å². The molecule has 0 aromatic rings. The van der Waals surface area contributed by atoms with Crippen molar-refractivity contribution in [3.05, 3.63) is 0 Å². The second-order valence-corrected chi connectivity index (χ2v) is 9.57. The predicted molar refractivity (Wildman–Crippen MR) is 96.4 cm³/mol. The Bertz CT molecular complexity index is 534. The van der Waals surface area contributed by atoms with Crippen LogP contribution in [0.5, 0.6) is 0 Å². The number of quaternary nitrogens is 1. The van der Waals surface area contributed by atoms with E-state index < -0.39 is 10.2 Å². The first kappa shape index (κ1) is 19.1. The quantitative estimate of drug-likeness (QED) is 0.642. The van der Waals surface area contributed by atoms with E-state index in [1.807, 2.05) is 0 Å². The van der Waals surface area contributed by atoms with Gasteiger partial charge in [0.05, 0.1) is 26.2 Å². The topological polar surface area (TPSA) is 74.2 Å². The summed E-state index contributed by atoms with van der Waals surface area (Å²) in [5.41, 5.74) is 0. The first-order valence-electron chi connectivity index (χ1n) is 9.94. The van der Waals surface area contributed by atoms with Crippen LogP contribution in [0.2, 0.25) is 0 Å². The number of nitrogens with zero attached hydrogens (tertiary/aromatic N) is 2. The first-order valence-corrected chi connectivity index (χ1v) is 11.3. The highest BCUT2D eigenvalue weighted by Crippen LogP contribution is 2.23. The lowest BCUT2D eigenvalue weighted by Crippen LogP contribution is -3.10. The molecule has 1 amide bonds. The van der Waals surface area contributed by atoms with Crippen molar-refractivity contribution in [2.45, 2.75) is 44.9 Å². The molecule has 3 heterocycles. The van der Waals surface area contributed by atoms with Crippen LogP contribution in [0, 0.1) is 5.92 Å². The Morgan fingerprint density at radius 1 is 0.920 bits per heavy atom.